The predicted octanol–water partition coefficient (Wildman–Crippen LogP) is 3.75. The molecule has 1 aromatic rings. The molecule has 2 heterocycles. The van der Waals surface area contributed by atoms with Crippen molar-refractivity contribution in [2.75, 3.05) is 33.3 Å². The highest BCUT2D eigenvalue weighted by atomic mass is 16.5. The normalized spacial score (nSPS) is 27.1. The molecule has 1 aromatic carbocycles. The largest absolute Gasteiger partial charge is 0.380 e. The van der Waals surface area contributed by atoms with Crippen molar-refractivity contribution in [3.8, 4) is 0 Å². The molecule has 2 aliphatic heterocycles. The van der Waals surface area contributed by atoms with Crippen molar-refractivity contribution >= 4 is 0 Å². The van der Waals surface area contributed by atoms with E-state index >= 15 is 0 Å². The first kappa shape index (κ1) is 18.9. The molecule has 25 heavy (non-hydrogen) atoms. The van der Waals surface area contributed by atoms with Crippen molar-refractivity contribution < 1.29 is 4.74 Å². The molecule has 0 N–H and O–H groups in total. The van der Waals surface area contributed by atoms with Gasteiger partial charge in [-0.25, -0.2) is 0 Å². The maximum atomic E-state index is 5.93. The molecule has 0 amide bonds. The van der Waals surface area contributed by atoms with Crippen LogP contribution in [0.1, 0.15) is 44.2 Å². The van der Waals surface area contributed by atoms with E-state index in [2.05, 4.69) is 54.8 Å². The molecule has 0 aliphatic carbocycles. The molecule has 0 saturated carbocycles. The van der Waals surface area contributed by atoms with Gasteiger partial charge in [0.1, 0.15) is 0 Å². The number of methoxy groups -OCH3 is 1. The number of benzene rings is 1. The Morgan fingerprint density at radius 3 is 2.52 bits per heavy atom. The lowest BCUT2D eigenvalue weighted by molar-refractivity contribution is -0.0348. The van der Waals surface area contributed by atoms with Gasteiger partial charge in [0, 0.05) is 25.7 Å². The van der Waals surface area contributed by atoms with Crippen molar-refractivity contribution in [1.29, 1.82) is 0 Å². The lowest BCUT2D eigenvalue weighted by Crippen LogP contribution is -2.53. The van der Waals surface area contributed by atoms with Gasteiger partial charge < -0.3 is 9.64 Å². The Morgan fingerprint density at radius 1 is 1.12 bits per heavy atom. The Labute approximate surface area is 154 Å². The fourth-order valence-corrected chi connectivity index (χ4v) is 4.73. The number of ether oxygens (including phenoxy) is 1. The van der Waals surface area contributed by atoms with Gasteiger partial charge in [0.25, 0.3) is 0 Å². The molecule has 3 rings (SSSR count). The maximum Gasteiger partial charge on any atom is 0.0730 e. The summed E-state index contributed by atoms with van der Waals surface area (Å²) in [6.45, 7) is 11.7. The molecular weight excluding hydrogens is 308 g/mol. The van der Waals surface area contributed by atoms with E-state index in [1.807, 2.05) is 7.11 Å². The standard InChI is InChI=1S/C22H36N2O/c1-17(2)23-12-9-21(10-13-23)24-11-8-20(22(16-24)25-4)15-19-7-5-6-18(3)14-19/h5-7,14,17,20-22H,8-13,15-16H2,1-4H3/t20-,22+/m1/s1. The molecule has 2 fully saturated rings. The zero-order valence-electron chi connectivity index (χ0n) is 16.6. The van der Waals surface area contributed by atoms with Crippen molar-refractivity contribution in [1.82, 2.24) is 9.80 Å². The third-order valence-electron chi connectivity index (χ3n) is 6.36. The van der Waals surface area contributed by atoms with Gasteiger partial charge in [-0.2, -0.15) is 0 Å². The zero-order valence-corrected chi connectivity index (χ0v) is 16.6. The average Bonchev–Trinajstić information content (AvgIpc) is 2.62. The minimum absolute atomic E-state index is 0.373. The van der Waals surface area contributed by atoms with Gasteiger partial charge in [0.05, 0.1) is 6.10 Å². The first-order valence-electron chi connectivity index (χ1n) is 10.1. The second-order valence-corrected chi connectivity index (χ2v) is 8.37. The summed E-state index contributed by atoms with van der Waals surface area (Å²) < 4.78 is 5.93. The SMILES string of the molecule is CO[C@H]1CN(C2CCN(C(C)C)CC2)CC[C@@H]1Cc1cccc(C)c1. The predicted molar refractivity (Wildman–Crippen MR) is 105 cm³/mol. The first-order valence-corrected chi connectivity index (χ1v) is 10.1. The van der Waals surface area contributed by atoms with Gasteiger partial charge in [-0.15, -0.1) is 0 Å². The molecule has 2 aliphatic rings. The zero-order chi connectivity index (χ0) is 17.8. The van der Waals surface area contributed by atoms with Crippen LogP contribution in [0.15, 0.2) is 24.3 Å². The molecule has 140 valence electrons. The highest BCUT2D eigenvalue weighted by Gasteiger charge is 2.34. The fraction of sp³-hybridized carbons (Fsp3) is 0.727. The summed E-state index contributed by atoms with van der Waals surface area (Å²) in [4.78, 5) is 5.34. The molecule has 3 heteroatoms. The van der Waals surface area contributed by atoms with E-state index in [9.17, 15) is 0 Å². The fourth-order valence-electron chi connectivity index (χ4n) is 4.73. The molecule has 2 atom stereocenters. The molecule has 3 nitrogen and oxygen atoms in total. The molecule has 0 bridgehead atoms. The lowest BCUT2D eigenvalue weighted by Gasteiger charge is -2.45. The van der Waals surface area contributed by atoms with Crippen LogP contribution in [0.25, 0.3) is 0 Å². The number of piperidine rings is 2. The van der Waals surface area contributed by atoms with Crippen LogP contribution in [0.5, 0.6) is 0 Å². The quantitative estimate of drug-likeness (QED) is 0.809. The van der Waals surface area contributed by atoms with Crippen LogP contribution in [-0.4, -0.2) is 61.3 Å². The number of likely N-dealkylation sites (tertiary alicyclic amines) is 2. The van der Waals surface area contributed by atoms with E-state index < -0.39 is 0 Å². The highest BCUT2D eigenvalue weighted by molar-refractivity contribution is 5.22. The number of nitrogens with zero attached hydrogens (tertiary/aromatic N) is 2. The monoisotopic (exact) mass is 344 g/mol. The Morgan fingerprint density at radius 2 is 1.88 bits per heavy atom. The highest BCUT2D eigenvalue weighted by Crippen LogP contribution is 2.28. The topological polar surface area (TPSA) is 15.7 Å². The summed E-state index contributed by atoms with van der Waals surface area (Å²) in [6.07, 6.45) is 5.42. The van der Waals surface area contributed by atoms with Gasteiger partial charge in [0.2, 0.25) is 0 Å². The Balaban J connectivity index is 1.55. The van der Waals surface area contributed by atoms with Crippen molar-refractivity contribution in [3.63, 3.8) is 0 Å². The van der Waals surface area contributed by atoms with Crippen LogP contribution in [0.4, 0.5) is 0 Å². The van der Waals surface area contributed by atoms with E-state index in [1.54, 1.807) is 0 Å². The third kappa shape index (κ3) is 4.84. The van der Waals surface area contributed by atoms with Crippen molar-refractivity contribution in [2.45, 2.75) is 64.6 Å². The van der Waals surface area contributed by atoms with Crippen LogP contribution in [-0.2, 0) is 11.2 Å². The number of rotatable bonds is 5. The number of aryl methyl sites for hydroxylation is 1. The van der Waals surface area contributed by atoms with Gasteiger partial charge in [-0.05, 0) is 77.6 Å². The minimum Gasteiger partial charge on any atom is -0.380 e. The summed E-state index contributed by atoms with van der Waals surface area (Å²) in [7, 11) is 1.90. The Bertz CT molecular complexity index is 537. The summed E-state index contributed by atoms with van der Waals surface area (Å²) in [5.74, 6) is 0.652. The second-order valence-electron chi connectivity index (χ2n) is 8.37. The lowest BCUT2D eigenvalue weighted by atomic mass is 9.86. The molecule has 0 unspecified atom stereocenters. The van der Waals surface area contributed by atoms with E-state index in [0.717, 1.165) is 19.0 Å². The van der Waals surface area contributed by atoms with Crippen LogP contribution in [0.2, 0.25) is 0 Å². The van der Waals surface area contributed by atoms with E-state index in [0.29, 0.717) is 18.1 Å². The van der Waals surface area contributed by atoms with Crippen LogP contribution in [0, 0.1) is 12.8 Å². The molecular formula is C22H36N2O. The maximum absolute atomic E-state index is 5.93. The first-order chi connectivity index (χ1) is 12.1. The second kappa shape index (κ2) is 8.66. The number of hydrogen-bond donors (Lipinski definition) is 0. The van der Waals surface area contributed by atoms with Gasteiger partial charge >= 0.3 is 0 Å². The van der Waals surface area contributed by atoms with E-state index in [-0.39, 0.29) is 0 Å². The van der Waals surface area contributed by atoms with Gasteiger partial charge in [0.15, 0.2) is 0 Å². The third-order valence-corrected chi connectivity index (χ3v) is 6.36. The Kier molecular flexibility index (Phi) is 6.54. The van der Waals surface area contributed by atoms with Gasteiger partial charge in [-0.1, -0.05) is 29.8 Å². The average molecular weight is 345 g/mol. The summed E-state index contributed by atoms with van der Waals surface area (Å²) in [6, 6.07) is 10.4. The smallest absolute Gasteiger partial charge is 0.0730 e. The van der Waals surface area contributed by atoms with Crippen LogP contribution < -0.4 is 0 Å². The van der Waals surface area contributed by atoms with Crippen molar-refractivity contribution in [3.05, 3.63) is 35.4 Å². The Hall–Kier alpha value is -0.900. The van der Waals surface area contributed by atoms with Crippen LogP contribution >= 0.6 is 0 Å². The summed E-state index contributed by atoms with van der Waals surface area (Å²) >= 11 is 0. The number of hydrogen-bond acceptors (Lipinski definition) is 3. The molecule has 0 aromatic heterocycles. The molecule has 2 saturated heterocycles. The van der Waals surface area contributed by atoms with Crippen molar-refractivity contribution in [2.24, 2.45) is 5.92 Å². The van der Waals surface area contributed by atoms with E-state index in [4.69, 9.17) is 4.74 Å². The molecule has 0 spiro atoms. The summed E-state index contributed by atoms with van der Waals surface area (Å²) in [5, 5.41) is 0. The molecule has 0 radical (unpaired) electrons. The summed E-state index contributed by atoms with van der Waals surface area (Å²) in [5.41, 5.74) is 2.83. The van der Waals surface area contributed by atoms with E-state index in [1.165, 1.54) is 50.0 Å². The minimum atomic E-state index is 0.373. The van der Waals surface area contributed by atoms with Gasteiger partial charge in [-0.3, -0.25) is 4.90 Å². The van der Waals surface area contributed by atoms with Crippen LogP contribution in [0.3, 0.4) is 0 Å².